The zero-order valence-electron chi connectivity index (χ0n) is 17.2. The van der Waals surface area contributed by atoms with Gasteiger partial charge in [-0.25, -0.2) is 23.1 Å². The molecule has 0 spiro atoms. The molecule has 4 heterocycles. The van der Waals surface area contributed by atoms with E-state index in [0.29, 0.717) is 48.8 Å². The number of aliphatic hydroxyl groups is 1. The van der Waals surface area contributed by atoms with E-state index in [1.165, 1.54) is 18.3 Å². The molecule has 1 aromatic carbocycles. The number of halogens is 2. The molecule has 2 saturated heterocycles. The molecule has 2 aliphatic heterocycles. The third kappa shape index (κ3) is 2.85. The monoisotopic (exact) mass is 440 g/mol. The Hall–Kier alpha value is -3.27. The first-order chi connectivity index (χ1) is 15.5. The molecule has 3 aliphatic rings. The first-order valence-electron chi connectivity index (χ1n) is 10.8. The van der Waals surface area contributed by atoms with Gasteiger partial charge >= 0.3 is 6.03 Å². The van der Waals surface area contributed by atoms with Gasteiger partial charge in [-0.1, -0.05) is 0 Å². The Balaban J connectivity index is 1.33. The topological polar surface area (TPSA) is 86.0 Å². The number of benzene rings is 1. The molecule has 0 radical (unpaired) electrons. The summed E-state index contributed by atoms with van der Waals surface area (Å²) in [4.78, 5) is 20.9. The fourth-order valence-electron chi connectivity index (χ4n) is 5.31. The Kier molecular flexibility index (Phi) is 4.16. The number of fused-ring (bicyclic) bond motifs is 2. The Morgan fingerprint density at radius 1 is 1.22 bits per heavy atom. The number of carbonyl (C=O) groups is 1. The van der Waals surface area contributed by atoms with Gasteiger partial charge in [-0.2, -0.15) is 5.10 Å². The molecular formula is C22H22F2N6O2. The van der Waals surface area contributed by atoms with Crippen LogP contribution in [-0.2, 0) is 5.54 Å². The van der Waals surface area contributed by atoms with Crippen molar-refractivity contribution < 1.29 is 18.7 Å². The number of nitrogens with one attached hydrogen (secondary N) is 1. The van der Waals surface area contributed by atoms with Crippen LogP contribution in [0.4, 0.5) is 25.1 Å². The Labute approximate surface area is 182 Å². The molecule has 2 N–H and O–H groups in total. The van der Waals surface area contributed by atoms with Crippen LogP contribution in [0.5, 0.6) is 0 Å². The van der Waals surface area contributed by atoms with Crippen molar-refractivity contribution in [3.05, 3.63) is 53.9 Å². The summed E-state index contributed by atoms with van der Waals surface area (Å²) in [6.07, 6.45) is 4.96. The van der Waals surface area contributed by atoms with E-state index in [-0.39, 0.29) is 11.9 Å². The highest BCUT2D eigenvalue weighted by Gasteiger charge is 2.64. The second-order valence-electron chi connectivity index (χ2n) is 8.82. The van der Waals surface area contributed by atoms with Gasteiger partial charge in [-0.3, -0.25) is 0 Å². The summed E-state index contributed by atoms with van der Waals surface area (Å²) >= 11 is 0. The summed E-state index contributed by atoms with van der Waals surface area (Å²) in [6, 6.07) is 5.10. The maximum atomic E-state index is 14.7. The van der Waals surface area contributed by atoms with E-state index in [1.807, 2.05) is 11.0 Å². The van der Waals surface area contributed by atoms with Crippen molar-refractivity contribution in [3.8, 4) is 0 Å². The van der Waals surface area contributed by atoms with Crippen LogP contribution in [-0.4, -0.2) is 56.4 Å². The van der Waals surface area contributed by atoms with E-state index < -0.39 is 23.3 Å². The highest BCUT2D eigenvalue weighted by Crippen LogP contribution is 2.63. The first kappa shape index (κ1) is 19.4. The van der Waals surface area contributed by atoms with Crippen molar-refractivity contribution in [1.82, 2.24) is 19.5 Å². The number of nitrogens with zero attached hydrogens (tertiary/aromatic N) is 5. The number of rotatable bonds is 3. The summed E-state index contributed by atoms with van der Waals surface area (Å²) in [5, 5.41) is 16.8. The van der Waals surface area contributed by atoms with Gasteiger partial charge < -0.3 is 20.2 Å². The quantitative estimate of drug-likeness (QED) is 0.654. The van der Waals surface area contributed by atoms with Gasteiger partial charge in [-0.15, -0.1) is 0 Å². The number of β-amino-alcohol motifs (C(OH)–C–C–N with tert-alkyl or cyclic N) is 1. The second-order valence-corrected chi connectivity index (χ2v) is 8.82. The van der Waals surface area contributed by atoms with E-state index in [0.717, 1.165) is 18.9 Å². The van der Waals surface area contributed by atoms with Crippen LogP contribution in [0.2, 0.25) is 0 Å². The van der Waals surface area contributed by atoms with Gasteiger partial charge in [0.05, 0.1) is 17.8 Å². The van der Waals surface area contributed by atoms with Crippen molar-refractivity contribution in [2.24, 2.45) is 5.92 Å². The van der Waals surface area contributed by atoms with Crippen molar-refractivity contribution >= 4 is 23.2 Å². The molecule has 10 heteroatoms. The molecule has 3 atom stereocenters. The molecule has 0 bridgehead atoms. The lowest BCUT2D eigenvalue weighted by Crippen LogP contribution is -2.34. The summed E-state index contributed by atoms with van der Waals surface area (Å²) in [5.41, 5.74) is 0.703. The largest absolute Gasteiger partial charge is 0.391 e. The maximum Gasteiger partial charge on any atom is 0.322 e. The fraction of sp³-hybridized carbons (Fsp3) is 0.409. The molecule has 0 unspecified atom stereocenters. The Bertz CT molecular complexity index is 1230. The van der Waals surface area contributed by atoms with Gasteiger partial charge in [-0.05, 0) is 49.4 Å². The number of hydrogen-bond acceptors (Lipinski definition) is 5. The highest BCUT2D eigenvalue weighted by atomic mass is 19.1. The third-order valence-electron chi connectivity index (χ3n) is 6.97. The molecule has 2 amide bonds. The first-order valence-corrected chi connectivity index (χ1v) is 10.8. The molecular weight excluding hydrogens is 418 g/mol. The number of urea groups is 1. The molecule has 2 aromatic heterocycles. The third-order valence-corrected chi connectivity index (χ3v) is 6.97. The number of hydrogen-bond donors (Lipinski definition) is 2. The number of amides is 2. The second kappa shape index (κ2) is 6.86. The number of carbonyl (C=O) groups excluding carboxylic acids is 1. The highest BCUT2D eigenvalue weighted by molar-refractivity contribution is 5.93. The summed E-state index contributed by atoms with van der Waals surface area (Å²) in [6.45, 7) is 1.47. The molecule has 3 aromatic rings. The van der Waals surface area contributed by atoms with Gasteiger partial charge in [0.25, 0.3) is 0 Å². The minimum atomic E-state index is -0.591. The molecule has 8 nitrogen and oxygen atoms in total. The average molecular weight is 440 g/mol. The standard InChI is InChI=1S/C22H22F2N6O2/c23-14-1-2-17(24)16(9-14)22-10-13(22)3-7-29(22)19-5-8-30-20(27-19)18(11-25-30)26-21(32)28-6-4-15(31)12-28/h1-2,5,8-9,11,13,15,31H,3-4,6-7,10,12H2,(H,26,32)/t13-,15+,22+/m0/s1. The van der Waals surface area contributed by atoms with E-state index in [2.05, 4.69) is 10.4 Å². The number of aliphatic hydroxyl groups excluding tert-OH is 1. The lowest BCUT2D eigenvalue weighted by molar-refractivity contribution is 0.176. The summed E-state index contributed by atoms with van der Waals surface area (Å²) in [7, 11) is 0. The number of piperidine rings is 1. The SMILES string of the molecule is O=C(Nc1cnn2ccc(N3CC[C@H]4C[C@]43c3cc(F)ccc3F)nc12)N1CC[C@@H](O)C1. The minimum absolute atomic E-state index is 0.252. The van der Waals surface area contributed by atoms with E-state index in [1.54, 1.807) is 15.6 Å². The van der Waals surface area contributed by atoms with Crippen LogP contribution >= 0.6 is 0 Å². The molecule has 1 aliphatic carbocycles. The Morgan fingerprint density at radius 2 is 2.09 bits per heavy atom. The molecule has 166 valence electrons. The molecule has 3 fully saturated rings. The lowest BCUT2D eigenvalue weighted by atomic mass is 10.0. The van der Waals surface area contributed by atoms with Crippen molar-refractivity contribution in [1.29, 1.82) is 0 Å². The minimum Gasteiger partial charge on any atom is -0.391 e. The normalized spacial score (nSPS) is 26.6. The lowest BCUT2D eigenvalue weighted by Gasteiger charge is -2.30. The van der Waals surface area contributed by atoms with Crippen molar-refractivity contribution in [3.63, 3.8) is 0 Å². The zero-order valence-corrected chi connectivity index (χ0v) is 17.2. The van der Waals surface area contributed by atoms with Crippen LogP contribution in [0, 0.1) is 17.6 Å². The predicted octanol–water partition coefficient (Wildman–Crippen LogP) is 2.73. The zero-order chi connectivity index (χ0) is 22.0. The van der Waals surface area contributed by atoms with E-state index in [4.69, 9.17) is 4.98 Å². The van der Waals surface area contributed by atoms with Gasteiger partial charge in [0.15, 0.2) is 5.65 Å². The summed E-state index contributed by atoms with van der Waals surface area (Å²) < 4.78 is 30.2. The van der Waals surface area contributed by atoms with Crippen LogP contribution in [0.15, 0.2) is 36.7 Å². The van der Waals surface area contributed by atoms with Gasteiger partial charge in [0.2, 0.25) is 0 Å². The smallest absolute Gasteiger partial charge is 0.322 e. The number of likely N-dealkylation sites (tertiary alicyclic amines) is 1. The van der Waals surface area contributed by atoms with Gasteiger partial charge in [0.1, 0.15) is 23.1 Å². The molecule has 6 rings (SSSR count). The van der Waals surface area contributed by atoms with Crippen molar-refractivity contribution in [2.75, 3.05) is 29.9 Å². The van der Waals surface area contributed by atoms with E-state index >= 15 is 0 Å². The predicted molar refractivity (Wildman–Crippen MR) is 112 cm³/mol. The molecule has 1 saturated carbocycles. The van der Waals surface area contributed by atoms with Crippen LogP contribution in [0.25, 0.3) is 5.65 Å². The number of anilines is 2. The van der Waals surface area contributed by atoms with Crippen LogP contribution in [0.3, 0.4) is 0 Å². The Morgan fingerprint density at radius 3 is 2.88 bits per heavy atom. The van der Waals surface area contributed by atoms with Crippen LogP contribution < -0.4 is 10.2 Å². The summed E-state index contributed by atoms with van der Waals surface area (Å²) in [5.74, 6) is 0.0211. The van der Waals surface area contributed by atoms with Gasteiger partial charge in [0, 0.05) is 31.4 Å². The van der Waals surface area contributed by atoms with Crippen LogP contribution in [0.1, 0.15) is 24.8 Å². The van der Waals surface area contributed by atoms with Crippen molar-refractivity contribution in [2.45, 2.75) is 30.9 Å². The maximum absolute atomic E-state index is 14.7. The average Bonchev–Trinajstić information content (AvgIpc) is 3.10. The molecule has 32 heavy (non-hydrogen) atoms. The fourth-order valence-corrected chi connectivity index (χ4v) is 5.31. The number of aromatic nitrogens is 3. The van der Waals surface area contributed by atoms with E-state index in [9.17, 15) is 18.7 Å².